The second-order valence-corrected chi connectivity index (χ2v) is 6.09. The van der Waals surface area contributed by atoms with Gasteiger partial charge < -0.3 is 4.74 Å². The Balaban J connectivity index is 2.55. The summed E-state index contributed by atoms with van der Waals surface area (Å²) in [5, 5.41) is 0. The van der Waals surface area contributed by atoms with Crippen molar-refractivity contribution in [2.75, 3.05) is 13.2 Å². The van der Waals surface area contributed by atoms with Crippen LogP contribution in [0.25, 0.3) is 0 Å². The van der Waals surface area contributed by atoms with Gasteiger partial charge in [0.1, 0.15) is 0 Å². The number of nitrogens with one attached hydrogen (secondary N) is 1. The average molecular weight is 264 g/mol. The van der Waals surface area contributed by atoms with Gasteiger partial charge in [0.2, 0.25) is 0 Å². The van der Waals surface area contributed by atoms with E-state index < -0.39 is 0 Å². The summed E-state index contributed by atoms with van der Waals surface area (Å²) in [6.45, 7) is 10.2. The Labute approximate surface area is 117 Å². The molecule has 1 aromatic rings. The summed E-state index contributed by atoms with van der Waals surface area (Å²) in [4.78, 5) is 0. The molecule has 0 amide bonds. The lowest BCUT2D eigenvalue weighted by atomic mass is 9.86. The molecule has 0 aliphatic heterocycles. The van der Waals surface area contributed by atoms with Crippen molar-refractivity contribution in [3.8, 4) is 0 Å². The van der Waals surface area contributed by atoms with Gasteiger partial charge in [-0.15, -0.1) is 0 Å². The molecule has 1 atom stereocenters. The number of nitrogens with two attached hydrogens (primary N) is 1. The van der Waals surface area contributed by atoms with Crippen LogP contribution < -0.4 is 11.3 Å². The quantitative estimate of drug-likeness (QED) is 0.452. The van der Waals surface area contributed by atoms with E-state index in [1.165, 1.54) is 11.1 Å². The second-order valence-electron chi connectivity index (χ2n) is 6.09. The molecular weight excluding hydrogens is 236 g/mol. The zero-order valence-corrected chi connectivity index (χ0v) is 12.7. The third kappa shape index (κ3) is 5.72. The van der Waals surface area contributed by atoms with Crippen LogP contribution in [0.3, 0.4) is 0 Å². The number of hydrogen-bond donors (Lipinski definition) is 2. The van der Waals surface area contributed by atoms with Crippen LogP contribution in [0.1, 0.15) is 45.2 Å². The first-order valence-electron chi connectivity index (χ1n) is 7.10. The maximum Gasteiger partial charge on any atom is 0.0636 e. The van der Waals surface area contributed by atoms with Crippen molar-refractivity contribution in [2.45, 2.75) is 52.0 Å². The number of ether oxygens (including phenoxy) is 1. The third-order valence-corrected chi connectivity index (χ3v) is 3.21. The van der Waals surface area contributed by atoms with E-state index in [9.17, 15) is 0 Å². The molecule has 0 saturated heterocycles. The van der Waals surface area contributed by atoms with Crippen molar-refractivity contribution in [1.29, 1.82) is 0 Å². The van der Waals surface area contributed by atoms with Gasteiger partial charge in [-0.05, 0) is 29.4 Å². The highest BCUT2D eigenvalue weighted by atomic mass is 16.5. The van der Waals surface area contributed by atoms with E-state index in [1.54, 1.807) is 0 Å². The van der Waals surface area contributed by atoms with Crippen LogP contribution in [0.15, 0.2) is 24.3 Å². The molecule has 1 unspecified atom stereocenters. The summed E-state index contributed by atoms with van der Waals surface area (Å²) in [6.07, 6.45) is 1.93. The number of rotatable bonds is 7. The summed E-state index contributed by atoms with van der Waals surface area (Å²) in [5.41, 5.74) is 5.68. The minimum Gasteiger partial charge on any atom is -0.380 e. The van der Waals surface area contributed by atoms with Crippen LogP contribution in [0.2, 0.25) is 0 Å². The zero-order chi connectivity index (χ0) is 14.3. The Morgan fingerprint density at radius 3 is 2.32 bits per heavy atom. The molecule has 0 spiro atoms. The van der Waals surface area contributed by atoms with Crippen molar-refractivity contribution in [3.05, 3.63) is 35.4 Å². The average Bonchev–Trinajstić information content (AvgIpc) is 2.37. The number of benzene rings is 1. The highest BCUT2D eigenvalue weighted by Gasteiger charge is 2.13. The van der Waals surface area contributed by atoms with Crippen molar-refractivity contribution >= 4 is 0 Å². The lowest BCUT2D eigenvalue weighted by molar-refractivity contribution is 0.112. The Morgan fingerprint density at radius 2 is 1.84 bits per heavy atom. The van der Waals surface area contributed by atoms with E-state index in [2.05, 4.69) is 57.4 Å². The molecule has 3 N–H and O–H groups in total. The molecule has 1 rings (SSSR count). The van der Waals surface area contributed by atoms with Gasteiger partial charge >= 0.3 is 0 Å². The smallest absolute Gasteiger partial charge is 0.0636 e. The van der Waals surface area contributed by atoms with Crippen molar-refractivity contribution < 1.29 is 4.74 Å². The molecular formula is C16H28N2O. The first kappa shape index (κ1) is 16.2. The zero-order valence-electron chi connectivity index (χ0n) is 12.7. The SMILES string of the molecule is CCCOCC(Cc1ccc(C(C)(C)C)cc1)NN. The molecule has 108 valence electrons. The highest BCUT2D eigenvalue weighted by Crippen LogP contribution is 2.22. The van der Waals surface area contributed by atoms with E-state index in [-0.39, 0.29) is 11.5 Å². The van der Waals surface area contributed by atoms with E-state index >= 15 is 0 Å². The molecule has 19 heavy (non-hydrogen) atoms. The standard InChI is InChI=1S/C16H28N2O/c1-5-10-19-12-15(18-17)11-13-6-8-14(9-7-13)16(2,3)4/h6-9,15,18H,5,10-12,17H2,1-4H3. The molecule has 0 aliphatic rings. The van der Waals surface area contributed by atoms with Gasteiger partial charge in [0.15, 0.2) is 0 Å². The van der Waals surface area contributed by atoms with Crippen molar-refractivity contribution in [1.82, 2.24) is 5.43 Å². The summed E-state index contributed by atoms with van der Waals surface area (Å²) in [7, 11) is 0. The lowest BCUT2D eigenvalue weighted by Crippen LogP contribution is -2.40. The molecule has 0 aromatic heterocycles. The molecule has 0 aliphatic carbocycles. The van der Waals surface area contributed by atoms with E-state index in [0.29, 0.717) is 6.61 Å². The molecule has 3 nitrogen and oxygen atoms in total. The van der Waals surface area contributed by atoms with Crippen LogP contribution in [-0.4, -0.2) is 19.3 Å². The highest BCUT2D eigenvalue weighted by molar-refractivity contribution is 5.27. The van der Waals surface area contributed by atoms with Gasteiger partial charge in [-0.2, -0.15) is 0 Å². The molecule has 3 heteroatoms. The molecule has 0 heterocycles. The molecule has 0 bridgehead atoms. The third-order valence-electron chi connectivity index (χ3n) is 3.21. The van der Waals surface area contributed by atoms with Gasteiger partial charge in [-0.1, -0.05) is 52.0 Å². The summed E-state index contributed by atoms with van der Waals surface area (Å²) >= 11 is 0. The fraction of sp³-hybridized carbons (Fsp3) is 0.625. The van der Waals surface area contributed by atoms with E-state index in [0.717, 1.165) is 19.4 Å². The number of hydrazine groups is 1. The second kappa shape index (κ2) is 7.63. The normalized spacial score (nSPS) is 13.5. The van der Waals surface area contributed by atoms with Gasteiger partial charge in [-0.3, -0.25) is 11.3 Å². The Bertz CT molecular complexity index is 354. The van der Waals surface area contributed by atoms with Crippen LogP contribution in [0, 0.1) is 0 Å². The van der Waals surface area contributed by atoms with Gasteiger partial charge in [0.25, 0.3) is 0 Å². The fourth-order valence-corrected chi connectivity index (χ4v) is 1.96. The Morgan fingerprint density at radius 1 is 1.21 bits per heavy atom. The lowest BCUT2D eigenvalue weighted by Gasteiger charge is -2.20. The van der Waals surface area contributed by atoms with Crippen LogP contribution in [0.4, 0.5) is 0 Å². The minimum atomic E-state index is 0.173. The van der Waals surface area contributed by atoms with Crippen LogP contribution >= 0.6 is 0 Å². The first-order chi connectivity index (χ1) is 8.97. The maximum absolute atomic E-state index is 5.57. The summed E-state index contributed by atoms with van der Waals surface area (Å²) in [6, 6.07) is 8.95. The minimum absolute atomic E-state index is 0.173. The Kier molecular flexibility index (Phi) is 6.49. The predicted octanol–water partition coefficient (Wildman–Crippen LogP) is 2.79. The summed E-state index contributed by atoms with van der Waals surface area (Å²) < 4.78 is 5.54. The van der Waals surface area contributed by atoms with Crippen molar-refractivity contribution in [3.63, 3.8) is 0 Å². The topological polar surface area (TPSA) is 47.3 Å². The summed E-state index contributed by atoms with van der Waals surface area (Å²) in [5.74, 6) is 5.57. The maximum atomic E-state index is 5.57. The predicted molar refractivity (Wildman–Crippen MR) is 81.1 cm³/mol. The van der Waals surface area contributed by atoms with Gasteiger partial charge in [0.05, 0.1) is 6.61 Å². The molecule has 0 fully saturated rings. The van der Waals surface area contributed by atoms with Crippen LogP contribution in [0.5, 0.6) is 0 Å². The van der Waals surface area contributed by atoms with Crippen molar-refractivity contribution in [2.24, 2.45) is 5.84 Å². The molecule has 1 aromatic carbocycles. The number of hydrogen-bond acceptors (Lipinski definition) is 3. The first-order valence-corrected chi connectivity index (χ1v) is 7.10. The van der Waals surface area contributed by atoms with Gasteiger partial charge in [0, 0.05) is 12.6 Å². The van der Waals surface area contributed by atoms with E-state index in [1.807, 2.05) is 0 Å². The van der Waals surface area contributed by atoms with E-state index in [4.69, 9.17) is 10.6 Å². The van der Waals surface area contributed by atoms with Gasteiger partial charge in [-0.25, -0.2) is 0 Å². The molecule has 0 radical (unpaired) electrons. The Hall–Kier alpha value is -0.900. The molecule has 0 saturated carbocycles. The fourth-order valence-electron chi connectivity index (χ4n) is 1.96. The monoisotopic (exact) mass is 264 g/mol. The van der Waals surface area contributed by atoms with Crippen LogP contribution in [-0.2, 0) is 16.6 Å². The largest absolute Gasteiger partial charge is 0.380 e.